The molecule has 0 unspecified atom stereocenters. The molecule has 0 saturated carbocycles. The molecular formula is C16H9N4Na2O11S2-. The Balaban J connectivity index is 0.00000385. The van der Waals surface area contributed by atoms with Crippen molar-refractivity contribution >= 4 is 54.3 Å². The first-order valence-corrected chi connectivity index (χ1v) is 10.6. The second-order valence-electron chi connectivity index (χ2n) is 6.03. The van der Waals surface area contributed by atoms with Crippen LogP contribution in [0.2, 0.25) is 0 Å². The summed E-state index contributed by atoms with van der Waals surface area (Å²) in [7, 11) is -7.95. The third-order valence-corrected chi connectivity index (χ3v) is 5.60. The van der Waals surface area contributed by atoms with Crippen LogP contribution in [0.4, 0.5) is 22.7 Å². The van der Waals surface area contributed by atoms with Gasteiger partial charge < -0.3 is 23.6 Å². The fraction of sp³-hybridized carbons (Fsp3) is 0. The van der Waals surface area contributed by atoms with Gasteiger partial charge in [-0.3, -0.25) is 20.2 Å². The van der Waals surface area contributed by atoms with Gasteiger partial charge in [-0.25, -0.2) is 8.42 Å². The first-order valence-electron chi connectivity index (χ1n) is 8.09. The van der Waals surface area contributed by atoms with Crippen LogP contribution in [0.1, 0.15) is 0 Å². The number of azo groups is 1. The molecule has 0 aliphatic heterocycles. The van der Waals surface area contributed by atoms with Gasteiger partial charge in [0.1, 0.15) is 15.8 Å². The average Bonchev–Trinajstić information content (AvgIpc) is 2.71. The van der Waals surface area contributed by atoms with E-state index in [2.05, 4.69) is 10.2 Å². The van der Waals surface area contributed by atoms with Crippen molar-refractivity contribution in [3.63, 3.8) is 0 Å². The summed E-state index contributed by atoms with van der Waals surface area (Å²) in [5.41, 5.74) is -2.82. The quantitative estimate of drug-likeness (QED) is 0.0828. The number of nitro groups is 2. The van der Waals surface area contributed by atoms with Crippen molar-refractivity contribution in [2.24, 2.45) is 10.2 Å². The number of fused-ring (bicyclic) bond motifs is 1. The van der Waals surface area contributed by atoms with Crippen molar-refractivity contribution in [2.75, 3.05) is 0 Å². The van der Waals surface area contributed by atoms with Gasteiger partial charge in [-0.1, -0.05) is 23.1 Å². The van der Waals surface area contributed by atoms with Gasteiger partial charge in [-0.15, -0.1) is 10.2 Å². The fourth-order valence-electron chi connectivity index (χ4n) is 2.68. The second-order valence-corrected chi connectivity index (χ2v) is 8.32. The van der Waals surface area contributed by atoms with Gasteiger partial charge in [0.05, 0.1) is 20.8 Å². The molecule has 0 amide bonds. The zero-order valence-electron chi connectivity index (χ0n) is 17.7. The normalized spacial score (nSPS) is 10.9. The number of rotatable bonds is 6. The van der Waals surface area contributed by atoms with Crippen molar-refractivity contribution in [2.45, 2.75) is 9.79 Å². The maximum Gasteiger partial charge on any atom is 1.00 e. The number of nitro benzene ring substituents is 2. The minimum absolute atomic E-state index is 0. The maximum absolute atomic E-state index is 11.7. The molecule has 15 nitrogen and oxygen atoms in total. The summed E-state index contributed by atoms with van der Waals surface area (Å²) in [6.07, 6.45) is 0. The minimum atomic E-state index is -5.27. The molecule has 0 radical (unpaired) electrons. The third-order valence-electron chi connectivity index (χ3n) is 4.11. The van der Waals surface area contributed by atoms with Crippen molar-refractivity contribution in [3.05, 3.63) is 62.7 Å². The first kappa shape index (κ1) is 32.9. The molecule has 2 N–H and O–H groups in total. The molecule has 0 heterocycles. The van der Waals surface area contributed by atoms with E-state index in [4.69, 9.17) is 0 Å². The molecule has 0 saturated heterocycles. The number of hydrogen-bond donors (Lipinski definition) is 1. The molecule has 3 rings (SSSR count). The molecule has 3 aromatic carbocycles. The molecule has 0 bridgehead atoms. The summed E-state index contributed by atoms with van der Waals surface area (Å²) in [4.78, 5) is 18.8. The van der Waals surface area contributed by atoms with Crippen LogP contribution < -0.4 is 59.1 Å². The minimum Gasteiger partial charge on any atom is -0.870 e. The summed E-state index contributed by atoms with van der Waals surface area (Å²) >= 11 is 0. The zero-order valence-corrected chi connectivity index (χ0v) is 23.3. The van der Waals surface area contributed by atoms with Crippen LogP contribution in [0.3, 0.4) is 0 Å². The molecule has 0 atom stereocenters. The molecule has 0 aliphatic carbocycles. The monoisotopic (exact) mass is 543 g/mol. The standard InChI is InChI=1S/C16H9N4O10S2.2Na.H2O/c21-16-11-3-2-10(31(26)27)5-8(11)6-14(32(28,29)30)15(16)18-17-12-4-1-9(19(22)23)7-13(12)20(24)25;;;/h1-7,21H,(H,28,29,30);;;1H2/q-1;2*+1;/p-2. The van der Waals surface area contributed by atoms with E-state index in [1.54, 1.807) is 0 Å². The van der Waals surface area contributed by atoms with Gasteiger partial charge in [0.2, 0.25) is 0 Å². The molecule has 19 heteroatoms. The fourth-order valence-corrected chi connectivity index (χ4v) is 3.73. The number of non-ortho nitro benzene ring substituents is 1. The average molecular weight is 543 g/mol. The van der Waals surface area contributed by atoms with Crippen LogP contribution in [0.5, 0.6) is 5.75 Å². The number of nitrogens with zero attached hydrogens (tertiary/aromatic N) is 4. The number of aromatic hydroxyl groups is 1. The Hall–Kier alpha value is -2.06. The van der Waals surface area contributed by atoms with Gasteiger partial charge in [-0.05, 0) is 28.2 Å². The van der Waals surface area contributed by atoms with Crippen LogP contribution in [0, 0.1) is 20.2 Å². The zero-order chi connectivity index (χ0) is 23.8. The molecule has 35 heavy (non-hydrogen) atoms. The molecule has 0 aliphatic rings. The maximum atomic E-state index is 11.7. The van der Waals surface area contributed by atoms with E-state index in [1.165, 1.54) is 0 Å². The number of phenolic OH excluding ortho intramolecular Hbond substituents is 1. The topological polar surface area (TPSA) is 253 Å². The van der Waals surface area contributed by atoms with Crippen LogP contribution in [0.15, 0.2) is 62.5 Å². The largest absolute Gasteiger partial charge is 1.00 e. The van der Waals surface area contributed by atoms with Gasteiger partial charge >= 0.3 is 64.8 Å². The molecule has 174 valence electrons. The van der Waals surface area contributed by atoms with E-state index in [-0.39, 0.29) is 80.3 Å². The predicted octanol–water partition coefficient (Wildman–Crippen LogP) is -2.82. The third kappa shape index (κ3) is 7.23. The van der Waals surface area contributed by atoms with E-state index in [0.717, 1.165) is 36.4 Å². The van der Waals surface area contributed by atoms with E-state index in [0.29, 0.717) is 6.07 Å². The van der Waals surface area contributed by atoms with Crippen molar-refractivity contribution in [1.82, 2.24) is 0 Å². The van der Waals surface area contributed by atoms with E-state index >= 15 is 0 Å². The Labute approximate surface area is 241 Å². The Morgan fingerprint density at radius 2 is 1.54 bits per heavy atom. The van der Waals surface area contributed by atoms with Crippen LogP contribution in [0.25, 0.3) is 10.8 Å². The molecule has 3 aromatic rings. The second kappa shape index (κ2) is 12.8. The number of benzene rings is 3. The van der Waals surface area contributed by atoms with E-state index < -0.39 is 64.1 Å². The van der Waals surface area contributed by atoms with Crippen molar-refractivity contribution in [3.8, 4) is 5.75 Å². The summed E-state index contributed by atoms with van der Waals surface area (Å²) in [6.45, 7) is 0. The predicted molar refractivity (Wildman–Crippen MR) is 106 cm³/mol. The Morgan fingerprint density at radius 3 is 2.06 bits per heavy atom. The molecule has 0 fully saturated rings. The molecular weight excluding hydrogens is 534 g/mol. The summed E-state index contributed by atoms with van der Waals surface area (Å²) in [5.74, 6) is -0.853. The van der Waals surface area contributed by atoms with Crippen molar-refractivity contribution < 1.29 is 101 Å². The van der Waals surface area contributed by atoms with E-state index in [9.17, 15) is 46.7 Å². The first-order chi connectivity index (χ1) is 14.9. The van der Waals surface area contributed by atoms with Gasteiger partial charge in [-0.2, -0.15) is 0 Å². The summed E-state index contributed by atoms with van der Waals surface area (Å²) in [6, 6.07) is 6.37. The number of hydrogen-bond acceptors (Lipinski definition) is 14. The van der Waals surface area contributed by atoms with Crippen LogP contribution in [-0.4, -0.2) is 33.4 Å². The van der Waals surface area contributed by atoms with Gasteiger partial charge in [0.15, 0.2) is 11.4 Å². The van der Waals surface area contributed by atoms with Crippen LogP contribution in [-0.2, 0) is 29.2 Å². The van der Waals surface area contributed by atoms with Gasteiger partial charge in [0, 0.05) is 11.5 Å². The van der Waals surface area contributed by atoms with Gasteiger partial charge in [0.25, 0.3) is 5.69 Å². The molecule has 0 aromatic heterocycles. The molecule has 0 spiro atoms. The Morgan fingerprint density at radius 1 is 0.914 bits per heavy atom. The number of phenols is 1. The smallest absolute Gasteiger partial charge is 0.870 e. The summed E-state index contributed by atoms with van der Waals surface area (Å²) in [5, 5.41) is 39.2. The van der Waals surface area contributed by atoms with Crippen LogP contribution >= 0.6 is 0 Å². The van der Waals surface area contributed by atoms with E-state index in [1.807, 2.05) is 0 Å². The Kier molecular flexibility index (Phi) is 12.0. The van der Waals surface area contributed by atoms with Crippen molar-refractivity contribution in [1.29, 1.82) is 0 Å². The Bertz CT molecular complexity index is 1520. The summed E-state index contributed by atoms with van der Waals surface area (Å²) < 4.78 is 57.3. The SMILES string of the molecule is O=[N+]([O-])c1ccc(N=Nc2c(S(=O)(=O)[O-])cc3cc([S-](=O)=O)ccc3c2O)c([N+](=O)[O-])c1.[Na+].[Na+].[OH-].